The van der Waals surface area contributed by atoms with E-state index in [9.17, 15) is 8.42 Å². The zero-order chi connectivity index (χ0) is 13.7. The quantitative estimate of drug-likeness (QED) is 0.899. The minimum Gasteiger partial charge on any atom is -0.211 e. The molecule has 5 heteroatoms. The number of nitriles is 1. The Morgan fingerprint density at radius 3 is 2.74 bits per heavy atom. The molecule has 4 nitrogen and oxygen atoms in total. The highest BCUT2D eigenvalue weighted by atomic mass is 32.2. The van der Waals surface area contributed by atoms with Crippen molar-refractivity contribution in [3.05, 3.63) is 29.8 Å². The molecule has 1 aliphatic carbocycles. The van der Waals surface area contributed by atoms with Crippen LogP contribution in [-0.2, 0) is 10.0 Å². The highest BCUT2D eigenvalue weighted by molar-refractivity contribution is 7.89. The molecule has 1 saturated carbocycles. The molecule has 1 aromatic rings. The zero-order valence-corrected chi connectivity index (χ0v) is 11.6. The second kappa shape index (κ2) is 6.18. The van der Waals surface area contributed by atoms with Gasteiger partial charge in [0.2, 0.25) is 10.0 Å². The number of nitrogens with one attached hydrogen (secondary N) is 1. The fourth-order valence-corrected chi connectivity index (χ4v) is 3.61. The van der Waals surface area contributed by atoms with E-state index in [-0.39, 0.29) is 4.90 Å². The number of sulfonamides is 1. The average Bonchev–Trinajstić information content (AvgIpc) is 2.92. The van der Waals surface area contributed by atoms with Crippen molar-refractivity contribution in [3.8, 4) is 6.07 Å². The van der Waals surface area contributed by atoms with E-state index < -0.39 is 10.0 Å². The Bertz CT molecular complexity index is 569. The van der Waals surface area contributed by atoms with Crippen molar-refractivity contribution in [1.29, 1.82) is 5.26 Å². The largest absolute Gasteiger partial charge is 0.240 e. The molecular formula is C14H18N2O2S. The van der Waals surface area contributed by atoms with Crippen LogP contribution in [0.5, 0.6) is 0 Å². The van der Waals surface area contributed by atoms with E-state index in [1.165, 1.54) is 37.8 Å². The van der Waals surface area contributed by atoms with E-state index in [1.54, 1.807) is 12.1 Å². The highest BCUT2D eigenvalue weighted by Gasteiger charge is 2.17. The molecule has 1 aromatic carbocycles. The van der Waals surface area contributed by atoms with Gasteiger partial charge in [0.15, 0.2) is 0 Å². The van der Waals surface area contributed by atoms with Crippen molar-refractivity contribution in [3.63, 3.8) is 0 Å². The van der Waals surface area contributed by atoms with E-state index in [4.69, 9.17) is 5.26 Å². The van der Waals surface area contributed by atoms with Gasteiger partial charge in [-0.25, -0.2) is 13.1 Å². The van der Waals surface area contributed by atoms with Gasteiger partial charge in [0, 0.05) is 6.54 Å². The smallest absolute Gasteiger partial charge is 0.211 e. The Morgan fingerprint density at radius 2 is 2.05 bits per heavy atom. The third-order valence-electron chi connectivity index (χ3n) is 3.59. The summed E-state index contributed by atoms with van der Waals surface area (Å²) in [5, 5.41) is 8.78. The first kappa shape index (κ1) is 14.0. The van der Waals surface area contributed by atoms with Crippen LogP contribution in [0.2, 0.25) is 0 Å². The minimum absolute atomic E-state index is 0.165. The van der Waals surface area contributed by atoms with Crippen molar-refractivity contribution in [1.82, 2.24) is 4.72 Å². The van der Waals surface area contributed by atoms with Crippen molar-refractivity contribution in [2.24, 2.45) is 5.92 Å². The Balaban J connectivity index is 1.95. The molecule has 0 amide bonds. The van der Waals surface area contributed by atoms with Gasteiger partial charge in [0.1, 0.15) is 0 Å². The number of hydrogen-bond donors (Lipinski definition) is 1. The minimum atomic E-state index is -3.49. The molecule has 0 heterocycles. The normalized spacial score (nSPS) is 16.4. The first-order valence-corrected chi connectivity index (χ1v) is 8.10. The van der Waals surface area contributed by atoms with E-state index in [2.05, 4.69) is 4.72 Å². The highest BCUT2D eigenvalue weighted by Crippen LogP contribution is 2.27. The van der Waals surface area contributed by atoms with Gasteiger partial charge in [-0.15, -0.1) is 0 Å². The summed E-state index contributed by atoms with van der Waals surface area (Å²) in [6.45, 7) is 0.476. The average molecular weight is 278 g/mol. The maximum Gasteiger partial charge on any atom is 0.240 e. The lowest BCUT2D eigenvalue weighted by atomic mass is 10.1. The van der Waals surface area contributed by atoms with Gasteiger partial charge in [-0.3, -0.25) is 0 Å². The molecule has 1 fully saturated rings. The van der Waals surface area contributed by atoms with E-state index in [0.29, 0.717) is 18.0 Å². The van der Waals surface area contributed by atoms with Gasteiger partial charge < -0.3 is 0 Å². The molecule has 0 atom stereocenters. The summed E-state index contributed by atoms with van der Waals surface area (Å²) in [6, 6.07) is 8.04. The molecule has 0 unspecified atom stereocenters. The molecule has 2 rings (SSSR count). The molecule has 0 saturated heterocycles. The van der Waals surface area contributed by atoms with Gasteiger partial charge >= 0.3 is 0 Å². The van der Waals surface area contributed by atoms with Gasteiger partial charge in [0.05, 0.1) is 16.5 Å². The first-order valence-electron chi connectivity index (χ1n) is 6.61. The molecule has 102 valence electrons. The van der Waals surface area contributed by atoms with Crippen molar-refractivity contribution in [2.75, 3.05) is 6.54 Å². The van der Waals surface area contributed by atoms with Gasteiger partial charge in [0.25, 0.3) is 0 Å². The number of hydrogen-bond acceptors (Lipinski definition) is 3. The summed E-state index contributed by atoms with van der Waals surface area (Å²) in [4.78, 5) is 0.165. The molecule has 1 aliphatic rings. The van der Waals surface area contributed by atoms with Crippen LogP contribution in [0.4, 0.5) is 0 Å². The van der Waals surface area contributed by atoms with Crippen molar-refractivity contribution < 1.29 is 8.42 Å². The lowest BCUT2D eigenvalue weighted by Crippen LogP contribution is -2.26. The third-order valence-corrected chi connectivity index (χ3v) is 5.05. The molecule has 19 heavy (non-hydrogen) atoms. The Labute approximate surface area is 114 Å². The molecule has 0 spiro atoms. The molecule has 0 aliphatic heterocycles. The first-order chi connectivity index (χ1) is 9.12. The maximum absolute atomic E-state index is 12.1. The summed E-state index contributed by atoms with van der Waals surface area (Å²) in [5.74, 6) is 0.660. The van der Waals surface area contributed by atoms with E-state index in [0.717, 1.165) is 6.42 Å². The van der Waals surface area contributed by atoms with Crippen molar-refractivity contribution in [2.45, 2.75) is 37.0 Å². The van der Waals surface area contributed by atoms with Gasteiger partial charge in [-0.05, 0) is 30.5 Å². The summed E-state index contributed by atoms with van der Waals surface area (Å²) in [7, 11) is -3.49. The fraction of sp³-hybridized carbons (Fsp3) is 0.500. The van der Waals surface area contributed by atoms with Crippen molar-refractivity contribution >= 4 is 10.0 Å². The second-order valence-electron chi connectivity index (χ2n) is 4.98. The molecule has 0 radical (unpaired) electrons. The third kappa shape index (κ3) is 3.79. The SMILES string of the molecule is N#Cc1cccc(S(=O)(=O)NCCC2CCCC2)c1. The lowest BCUT2D eigenvalue weighted by Gasteiger charge is -2.10. The predicted molar refractivity (Wildman–Crippen MR) is 72.9 cm³/mol. The number of benzene rings is 1. The summed E-state index contributed by atoms with van der Waals surface area (Å²) in [6.07, 6.45) is 5.86. The lowest BCUT2D eigenvalue weighted by molar-refractivity contribution is 0.495. The fourth-order valence-electron chi connectivity index (χ4n) is 2.51. The number of nitrogens with zero attached hydrogens (tertiary/aromatic N) is 1. The predicted octanol–water partition coefficient (Wildman–Crippen LogP) is 2.42. The van der Waals surface area contributed by atoms with E-state index >= 15 is 0 Å². The van der Waals surface area contributed by atoms with Crippen LogP contribution in [0.1, 0.15) is 37.7 Å². The zero-order valence-electron chi connectivity index (χ0n) is 10.8. The number of rotatable bonds is 5. The van der Waals surface area contributed by atoms with Crippen LogP contribution in [0.3, 0.4) is 0 Å². The van der Waals surface area contributed by atoms with Crippen LogP contribution in [-0.4, -0.2) is 15.0 Å². The summed E-state index contributed by atoms with van der Waals surface area (Å²) < 4.78 is 26.7. The molecule has 0 aromatic heterocycles. The van der Waals surface area contributed by atoms with Gasteiger partial charge in [-0.2, -0.15) is 5.26 Å². The Morgan fingerprint density at radius 1 is 1.32 bits per heavy atom. The standard InChI is InChI=1S/C14H18N2O2S/c15-11-13-6-3-7-14(10-13)19(17,18)16-9-8-12-4-1-2-5-12/h3,6-7,10,12,16H,1-2,4-5,8-9H2. The van der Waals surface area contributed by atoms with Crippen LogP contribution in [0.15, 0.2) is 29.2 Å². The van der Waals surface area contributed by atoms with E-state index in [1.807, 2.05) is 6.07 Å². The Hall–Kier alpha value is -1.38. The molecule has 0 bridgehead atoms. The maximum atomic E-state index is 12.1. The molecular weight excluding hydrogens is 260 g/mol. The summed E-state index contributed by atoms with van der Waals surface area (Å²) >= 11 is 0. The molecule has 1 N–H and O–H groups in total. The van der Waals surface area contributed by atoms with Crippen LogP contribution < -0.4 is 4.72 Å². The Kier molecular flexibility index (Phi) is 4.56. The van der Waals surface area contributed by atoms with Crippen LogP contribution in [0.25, 0.3) is 0 Å². The van der Waals surface area contributed by atoms with Crippen LogP contribution >= 0.6 is 0 Å². The second-order valence-corrected chi connectivity index (χ2v) is 6.74. The summed E-state index contributed by atoms with van der Waals surface area (Å²) in [5.41, 5.74) is 0.360. The van der Waals surface area contributed by atoms with Crippen LogP contribution in [0, 0.1) is 17.2 Å². The monoisotopic (exact) mass is 278 g/mol. The topological polar surface area (TPSA) is 70.0 Å². The van der Waals surface area contributed by atoms with Gasteiger partial charge in [-0.1, -0.05) is 31.7 Å².